The highest BCUT2D eigenvalue weighted by Crippen LogP contribution is 2.18. The van der Waals surface area contributed by atoms with E-state index in [2.05, 4.69) is 4.98 Å². The van der Waals surface area contributed by atoms with Gasteiger partial charge in [-0.2, -0.15) is 0 Å². The molecule has 0 fully saturated rings. The summed E-state index contributed by atoms with van der Waals surface area (Å²) in [6.45, 7) is 4.35. The summed E-state index contributed by atoms with van der Waals surface area (Å²) in [5, 5.41) is 8.93. The quantitative estimate of drug-likeness (QED) is 0.690. The van der Waals surface area contributed by atoms with Crippen molar-refractivity contribution in [1.29, 1.82) is 0 Å². The minimum Gasteiger partial charge on any atom is -0.481 e. The molecule has 2 aromatic rings. The van der Waals surface area contributed by atoms with E-state index in [0.717, 1.165) is 6.26 Å². The van der Waals surface area contributed by atoms with E-state index in [0.29, 0.717) is 23.4 Å². The molecule has 1 aromatic carbocycles. The molecule has 0 aliphatic rings. The highest BCUT2D eigenvalue weighted by Gasteiger charge is 2.21. The van der Waals surface area contributed by atoms with Crippen LogP contribution in [0.15, 0.2) is 24.3 Å². The Morgan fingerprint density at radius 2 is 1.93 bits per heavy atom. The summed E-state index contributed by atoms with van der Waals surface area (Å²) >= 11 is 0. The van der Waals surface area contributed by atoms with Crippen LogP contribution in [0.4, 0.5) is 0 Å². The number of para-hydroxylation sites is 2. The largest absolute Gasteiger partial charge is 0.481 e. The monoisotopic (exact) mass is 395 g/mol. The molecular weight excluding hydrogens is 370 g/mol. The van der Waals surface area contributed by atoms with E-state index >= 15 is 0 Å². The third kappa shape index (κ3) is 6.06. The molecule has 0 aliphatic carbocycles. The number of carbonyl (C=O) groups excluding carboxylic acids is 1. The van der Waals surface area contributed by atoms with Crippen LogP contribution in [-0.2, 0) is 31.7 Å². The minimum absolute atomic E-state index is 0.0856. The highest BCUT2D eigenvalue weighted by atomic mass is 32.2. The summed E-state index contributed by atoms with van der Waals surface area (Å²) in [7, 11) is -3.33. The smallest absolute Gasteiger partial charge is 0.305 e. The van der Waals surface area contributed by atoms with Crippen molar-refractivity contribution >= 4 is 32.7 Å². The van der Waals surface area contributed by atoms with Crippen molar-refractivity contribution in [3.63, 3.8) is 0 Å². The molecule has 2 rings (SSSR count). The van der Waals surface area contributed by atoms with E-state index < -0.39 is 15.8 Å². The van der Waals surface area contributed by atoms with Crippen LogP contribution >= 0.6 is 0 Å². The number of aromatic nitrogens is 2. The van der Waals surface area contributed by atoms with Crippen LogP contribution in [0.25, 0.3) is 11.0 Å². The van der Waals surface area contributed by atoms with Crippen LogP contribution in [0.5, 0.6) is 0 Å². The molecule has 0 saturated carbocycles. The average molecular weight is 395 g/mol. The van der Waals surface area contributed by atoms with Crippen molar-refractivity contribution in [2.45, 2.75) is 32.6 Å². The molecule has 27 heavy (non-hydrogen) atoms. The molecule has 0 unspecified atom stereocenters. The normalized spacial score (nSPS) is 11.9. The minimum atomic E-state index is -3.33. The van der Waals surface area contributed by atoms with Crippen molar-refractivity contribution in [2.24, 2.45) is 5.92 Å². The lowest BCUT2D eigenvalue weighted by Crippen LogP contribution is -2.38. The maximum atomic E-state index is 12.9. The molecule has 148 valence electrons. The zero-order chi connectivity index (χ0) is 20.2. The topological polar surface area (TPSA) is 110 Å². The Morgan fingerprint density at radius 3 is 2.52 bits per heavy atom. The molecule has 1 N–H and O–H groups in total. The van der Waals surface area contributed by atoms with Gasteiger partial charge in [-0.05, 0) is 18.1 Å². The van der Waals surface area contributed by atoms with Gasteiger partial charge in [0.25, 0.3) is 0 Å². The van der Waals surface area contributed by atoms with E-state index in [4.69, 9.17) is 5.11 Å². The SMILES string of the molecule is CC(C)CN(CCC(=O)O)C(=O)Cn1c(CS(C)(=O)=O)nc2ccccc21. The highest BCUT2D eigenvalue weighted by molar-refractivity contribution is 7.89. The van der Waals surface area contributed by atoms with Crippen LogP contribution in [0.1, 0.15) is 26.1 Å². The third-order valence-electron chi connectivity index (χ3n) is 3.95. The molecule has 0 spiro atoms. The Balaban J connectivity index is 2.34. The zero-order valence-corrected chi connectivity index (χ0v) is 16.6. The van der Waals surface area contributed by atoms with E-state index in [-0.39, 0.29) is 37.1 Å². The number of carboxylic acid groups (broad SMARTS) is 1. The van der Waals surface area contributed by atoms with Gasteiger partial charge in [0.2, 0.25) is 5.91 Å². The summed E-state index contributed by atoms with van der Waals surface area (Å²) in [5.74, 6) is -1.02. The molecule has 0 bridgehead atoms. The van der Waals surface area contributed by atoms with E-state index in [1.807, 2.05) is 13.8 Å². The molecule has 0 aliphatic heterocycles. The fourth-order valence-corrected chi connectivity index (χ4v) is 3.56. The number of carbonyl (C=O) groups is 2. The zero-order valence-electron chi connectivity index (χ0n) is 15.8. The summed E-state index contributed by atoms with van der Waals surface area (Å²) in [5.41, 5.74) is 1.29. The number of nitrogens with zero attached hydrogens (tertiary/aromatic N) is 3. The first-order chi connectivity index (χ1) is 12.6. The van der Waals surface area contributed by atoms with Crippen molar-refractivity contribution in [3.8, 4) is 0 Å². The van der Waals surface area contributed by atoms with Crippen LogP contribution in [0, 0.1) is 5.92 Å². The van der Waals surface area contributed by atoms with Crippen molar-refractivity contribution < 1.29 is 23.1 Å². The Morgan fingerprint density at radius 1 is 1.26 bits per heavy atom. The third-order valence-corrected chi connectivity index (χ3v) is 4.73. The Labute approximate surface area is 158 Å². The Bertz CT molecular complexity index is 934. The lowest BCUT2D eigenvalue weighted by atomic mass is 10.2. The lowest BCUT2D eigenvalue weighted by Gasteiger charge is -2.24. The van der Waals surface area contributed by atoms with Crippen LogP contribution in [0.2, 0.25) is 0 Å². The average Bonchev–Trinajstić information content (AvgIpc) is 2.86. The van der Waals surface area contributed by atoms with Gasteiger partial charge in [0.15, 0.2) is 9.84 Å². The number of hydrogen-bond donors (Lipinski definition) is 1. The fraction of sp³-hybridized carbons (Fsp3) is 0.500. The van der Waals surface area contributed by atoms with Crippen LogP contribution < -0.4 is 0 Å². The number of amides is 1. The van der Waals surface area contributed by atoms with Gasteiger partial charge in [-0.15, -0.1) is 0 Å². The van der Waals surface area contributed by atoms with Crippen molar-refractivity contribution in [2.75, 3.05) is 19.3 Å². The number of imidazole rings is 1. The van der Waals surface area contributed by atoms with Gasteiger partial charge in [0.05, 0.1) is 17.5 Å². The second-order valence-corrected chi connectivity index (χ2v) is 9.19. The molecule has 0 radical (unpaired) electrons. The second kappa shape index (κ2) is 8.51. The van der Waals surface area contributed by atoms with Gasteiger partial charge in [-0.3, -0.25) is 9.59 Å². The lowest BCUT2D eigenvalue weighted by molar-refractivity contribution is -0.138. The summed E-state index contributed by atoms with van der Waals surface area (Å²) in [4.78, 5) is 29.6. The molecular formula is C18H25N3O5S. The molecule has 0 saturated heterocycles. The molecule has 0 atom stereocenters. The van der Waals surface area contributed by atoms with Gasteiger partial charge in [-0.1, -0.05) is 26.0 Å². The molecule has 9 heteroatoms. The number of aliphatic carboxylic acids is 1. The number of rotatable bonds is 9. The first kappa shape index (κ1) is 20.9. The molecule has 1 amide bonds. The Kier molecular flexibility index (Phi) is 6.59. The number of fused-ring (bicyclic) bond motifs is 1. The van der Waals surface area contributed by atoms with Gasteiger partial charge in [-0.25, -0.2) is 13.4 Å². The first-order valence-corrected chi connectivity index (χ1v) is 10.7. The van der Waals surface area contributed by atoms with E-state index in [1.54, 1.807) is 28.8 Å². The summed E-state index contributed by atoms with van der Waals surface area (Å²) in [6.07, 6.45) is 0.982. The van der Waals surface area contributed by atoms with Gasteiger partial charge in [0.1, 0.15) is 18.1 Å². The fourth-order valence-electron chi connectivity index (χ4n) is 2.87. The predicted molar refractivity (Wildman–Crippen MR) is 102 cm³/mol. The maximum Gasteiger partial charge on any atom is 0.305 e. The first-order valence-electron chi connectivity index (χ1n) is 8.68. The van der Waals surface area contributed by atoms with Crippen molar-refractivity contribution in [3.05, 3.63) is 30.1 Å². The number of hydrogen-bond acceptors (Lipinski definition) is 5. The predicted octanol–water partition coefficient (Wildman–Crippen LogP) is 1.54. The summed E-state index contributed by atoms with van der Waals surface area (Å²) in [6, 6.07) is 7.14. The molecule has 1 aromatic heterocycles. The number of sulfone groups is 1. The Hall–Kier alpha value is -2.42. The van der Waals surface area contributed by atoms with E-state index in [9.17, 15) is 18.0 Å². The second-order valence-electron chi connectivity index (χ2n) is 7.05. The van der Waals surface area contributed by atoms with Gasteiger partial charge in [0, 0.05) is 19.3 Å². The number of carboxylic acids is 1. The molecule has 8 nitrogen and oxygen atoms in total. The van der Waals surface area contributed by atoms with Crippen LogP contribution in [-0.4, -0.2) is 59.2 Å². The van der Waals surface area contributed by atoms with Crippen LogP contribution in [0.3, 0.4) is 0 Å². The molecule has 1 heterocycles. The van der Waals surface area contributed by atoms with Gasteiger partial charge >= 0.3 is 5.97 Å². The standard InChI is InChI=1S/C18H25N3O5S/c1-13(2)10-20(9-8-18(23)24)17(22)11-21-15-7-5-4-6-14(15)19-16(21)12-27(3,25)26/h4-7,13H,8-12H2,1-3H3,(H,23,24). The van der Waals surface area contributed by atoms with Crippen molar-refractivity contribution in [1.82, 2.24) is 14.5 Å². The maximum absolute atomic E-state index is 12.9. The van der Waals surface area contributed by atoms with E-state index in [1.165, 1.54) is 4.90 Å². The van der Waals surface area contributed by atoms with Gasteiger partial charge < -0.3 is 14.6 Å². The summed E-state index contributed by atoms with van der Waals surface area (Å²) < 4.78 is 25.1. The number of benzene rings is 1.